The largest absolute Gasteiger partial charge is 0.416 e. The van der Waals surface area contributed by atoms with Crippen LogP contribution in [0.5, 0.6) is 0 Å². The summed E-state index contributed by atoms with van der Waals surface area (Å²) in [6.07, 6.45) is -2.79. The number of aromatic nitrogens is 1. The maximum absolute atomic E-state index is 12.9. The number of hydrogen-bond acceptors (Lipinski definition) is 3. The van der Waals surface area contributed by atoms with Gasteiger partial charge in [-0.1, -0.05) is 30.3 Å². The van der Waals surface area contributed by atoms with Crippen LogP contribution in [0.3, 0.4) is 0 Å². The number of amides is 1. The quantitative estimate of drug-likeness (QED) is 0.361. The number of aromatic amines is 1. The van der Waals surface area contributed by atoms with Gasteiger partial charge in [0.1, 0.15) is 0 Å². The van der Waals surface area contributed by atoms with Crippen LogP contribution in [0.1, 0.15) is 11.1 Å². The van der Waals surface area contributed by atoms with Gasteiger partial charge < -0.3 is 10.3 Å². The van der Waals surface area contributed by atoms with Gasteiger partial charge in [-0.25, -0.2) is 8.42 Å². The first-order chi connectivity index (χ1) is 15.6. The first kappa shape index (κ1) is 22.4. The van der Waals surface area contributed by atoms with Crippen molar-refractivity contribution in [2.75, 3.05) is 10.0 Å². The van der Waals surface area contributed by atoms with E-state index in [-0.39, 0.29) is 28.6 Å². The normalized spacial score (nSPS) is 12.0. The molecule has 3 aromatic carbocycles. The molecule has 0 aliphatic heterocycles. The van der Waals surface area contributed by atoms with E-state index in [9.17, 15) is 26.4 Å². The fourth-order valence-corrected chi connectivity index (χ4v) is 4.47. The fraction of sp³-hybridized carbons (Fsp3) is 0.0870. The number of fused-ring (bicyclic) bond motifs is 1. The summed E-state index contributed by atoms with van der Waals surface area (Å²) in [6.45, 7) is 0. The molecule has 170 valence electrons. The van der Waals surface area contributed by atoms with E-state index >= 15 is 0 Å². The Morgan fingerprint density at radius 1 is 0.909 bits per heavy atom. The Balaban J connectivity index is 1.49. The average molecular weight is 473 g/mol. The van der Waals surface area contributed by atoms with Gasteiger partial charge in [0, 0.05) is 28.5 Å². The maximum Gasteiger partial charge on any atom is 0.416 e. The Bertz CT molecular complexity index is 1430. The van der Waals surface area contributed by atoms with Crippen LogP contribution in [-0.4, -0.2) is 19.3 Å². The van der Waals surface area contributed by atoms with Crippen LogP contribution in [0.25, 0.3) is 10.9 Å². The number of carbonyl (C=O) groups excluding carboxylic acids is 1. The molecule has 1 aromatic heterocycles. The summed E-state index contributed by atoms with van der Waals surface area (Å²) in [7, 11) is -4.19. The van der Waals surface area contributed by atoms with Crippen LogP contribution in [0.2, 0.25) is 0 Å². The van der Waals surface area contributed by atoms with E-state index in [0.717, 1.165) is 28.6 Å². The summed E-state index contributed by atoms with van der Waals surface area (Å²) in [5.41, 5.74) is 0.735. The van der Waals surface area contributed by atoms with Gasteiger partial charge in [-0.2, -0.15) is 13.2 Å². The number of alkyl halides is 3. The molecule has 4 rings (SSSR count). The van der Waals surface area contributed by atoms with Crippen molar-refractivity contribution in [3.05, 3.63) is 90.1 Å². The Morgan fingerprint density at radius 2 is 1.64 bits per heavy atom. The zero-order valence-electron chi connectivity index (χ0n) is 17.0. The lowest BCUT2D eigenvalue weighted by molar-refractivity contribution is -0.137. The number of hydrogen-bond donors (Lipinski definition) is 3. The number of benzene rings is 3. The van der Waals surface area contributed by atoms with Crippen molar-refractivity contribution < 1.29 is 26.4 Å². The van der Waals surface area contributed by atoms with Crippen molar-refractivity contribution in [3.8, 4) is 0 Å². The molecule has 1 amide bonds. The van der Waals surface area contributed by atoms with Crippen LogP contribution in [0.4, 0.5) is 24.5 Å². The lowest BCUT2D eigenvalue weighted by Crippen LogP contribution is -2.16. The second-order valence-electron chi connectivity index (χ2n) is 7.30. The molecule has 0 fully saturated rings. The molecule has 0 aliphatic rings. The second-order valence-corrected chi connectivity index (χ2v) is 8.98. The summed E-state index contributed by atoms with van der Waals surface area (Å²) in [5.74, 6) is -0.347. The van der Waals surface area contributed by atoms with Crippen LogP contribution in [-0.2, 0) is 27.4 Å². The van der Waals surface area contributed by atoms with Gasteiger partial charge in [-0.05, 0) is 48.0 Å². The van der Waals surface area contributed by atoms with Crippen LogP contribution >= 0.6 is 0 Å². The molecule has 4 aromatic rings. The Labute approximate surface area is 187 Å². The number of H-pyrrole nitrogens is 1. The minimum Gasteiger partial charge on any atom is -0.361 e. The van der Waals surface area contributed by atoms with Crippen molar-refractivity contribution in [3.63, 3.8) is 0 Å². The Morgan fingerprint density at radius 3 is 2.42 bits per heavy atom. The summed E-state index contributed by atoms with van der Waals surface area (Å²) >= 11 is 0. The molecule has 0 saturated heterocycles. The van der Waals surface area contributed by atoms with E-state index in [1.807, 2.05) is 24.3 Å². The molecular formula is C23H18F3N3O3S. The van der Waals surface area contributed by atoms with Crippen molar-refractivity contribution in [2.45, 2.75) is 17.5 Å². The smallest absolute Gasteiger partial charge is 0.361 e. The zero-order valence-corrected chi connectivity index (χ0v) is 17.8. The van der Waals surface area contributed by atoms with Gasteiger partial charge in [-0.3, -0.25) is 9.52 Å². The third kappa shape index (κ3) is 5.17. The van der Waals surface area contributed by atoms with Gasteiger partial charge in [-0.15, -0.1) is 0 Å². The number of para-hydroxylation sites is 1. The summed E-state index contributed by atoms with van der Waals surface area (Å²) in [4.78, 5) is 15.4. The number of nitrogens with one attached hydrogen (secondary N) is 3. The SMILES string of the molecule is O=C(Cc1c[nH]c2ccccc12)Nc1cccc(S(=O)(=O)Nc2cccc(C(F)(F)F)c2)c1. The van der Waals surface area contributed by atoms with Crippen molar-refractivity contribution in [1.82, 2.24) is 4.98 Å². The molecule has 0 aliphatic carbocycles. The molecule has 0 unspecified atom stereocenters. The zero-order chi connectivity index (χ0) is 23.6. The topological polar surface area (TPSA) is 91.1 Å². The van der Waals surface area contributed by atoms with Gasteiger partial charge >= 0.3 is 6.18 Å². The summed E-state index contributed by atoms with van der Waals surface area (Å²) < 4.78 is 66.2. The van der Waals surface area contributed by atoms with E-state index in [2.05, 4.69) is 15.0 Å². The molecule has 0 atom stereocenters. The number of anilines is 2. The van der Waals surface area contributed by atoms with Crippen LogP contribution in [0, 0.1) is 0 Å². The molecule has 6 nitrogen and oxygen atoms in total. The minimum absolute atomic E-state index is 0.0729. The lowest BCUT2D eigenvalue weighted by Gasteiger charge is -2.12. The van der Waals surface area contributed by atoms with Crippen molar-refractivity contribution in [2.24, 2.45) is 0 Å². The highest BCUT2D eigenvalue weighted by Gasteiger charge is 2.30. The van der Waals surface area contributed by atoms with Crippen LogP contribution < -0.4 is 10.0 Å². The average Bonchev–Trinajstić information content (AvgIpc) is 3.16. The molecule has 0 saturated carbocycles. The van der Waals surface area contributed by atoms with E-state index < -0.39 is 21.8 Å². The Kier molecular flexibility index (Phi) is 5.86. The highest BCUT2D eigenvalue weighted by molar-refractivity contribution is 7.92. The second kappa shape index (κ2) is 8.62. The molecule has 10 heteroatoms. The molecule has 0 radical (unpaired) electrons. The van der Waals surface area contributed by atoms with E-state index in [0.29, 0.717) is 6.07 Å². The Hall–Kier alpha value is -3.79. The van der Waals surface area contributed by atoms with E-state index in [1.165, 1.54) is 30.3 Å². The lowest BCUT2D eigenvalue weighted by atomic mass is 10.1. The number of rotatable bonds is 6. The summed E-state index contributed by atoms with van der Waals surface area (Å²) in [6, 6.07) is 16.9. The van der Waals surface area contributed by atoms with E-state index in [4.69, 9.17) is 0 Å². The summed E-state index contributed by atoms with van der Waals surface area (Å²) in [5, 5.41) is 3.57. The predicted octanol–water partition coefficient (Wildman–Crippen LogP) is 5.17. The minimum atomic E-state index is -4.60. The third-order valence-corrected chi connectivity index (χ3v) is 6.28. The maximum atomic E-state index is 12.9. The predicted molar refractivity (Wildman–Crippen MR) is 119 cm³/mol. The first-order valence-electron chi connectivity index (χ1n) is 9.77. The number of halogens is 3. The molecule has 0 spiro atoms. The molecule has 0 bridgehead atoms. The standard InChI is InChI=1S/C23H18F3N3O3S/c24-23(25,26)16-5-3-7-18(12-16)29-33(31,32)19-8-4-6-17(13-19)28-22(30)11-15-14-27-21-10-2-1-9-20(15)21/h1-10,12-14,27,29H,11H2,(H,28,30). The van der Waals surface area contributed by atoms with E-state index in [1.54, 1.807) is 6.20 Å². The van der Waals surface area contributed by atoms with Crippen molar-refractivity contribution >= 4 is 38.2 Å². The van der Waals surface area contributed by atoms with Gasteiger partial charge in [0.2, 0.25) is 5.91 Å². The molecule has 33 heavy (non-hydrogen) atoms. The van der Waals surface area contributed by atoms with Gasteiger partial charge in [0.25, 0.3) is 10.0 Å². The van der Waals surface area contributed by atoms with Crippen molar-refractivity contribution in [1.29, 1.82) is 0 Å². The number of sulfonamides is 1. The number of carbonyl (C=O) groups is 1. The van der Waals surface area contributed by atoms with Gasteiger partial charge in [0.05, 0.1) is 16.9 Å². The first-order valence-corrected chi connectivity index (χ1v) is 11.3. The highest BCUT2D eigenvalue weighted by atomic mass is 32.2. The molecule has 3 N–H and O–H groups in total. The highest BCUT2D eigenvalue weighted by Crippen LogP contribution is 2.31. The third-order valence-electron chi connectivity index (χ3n) is 4.90. The monoisotopic (exact) mass is 473 g/mol. The van der Waals surface area contributed by atoms with Gasteiger partial charge in [0.15, 0.2) is 0 Å². The molecular weight excluding hydrogens is 455 g/mol. The fourth-order valence-electron chi connectivity index (χ4n) is 3.37. The molecule has 1 heterocycles. The van der Waals surface area contributed by atoms with Crippen LogP contribution in [0.15, 0.2) is 83.9 Å².